The van der Waals surface area contributed by atoms with Crippen molar-refractivity contribution in [3.63, 3.8) is 0 Å². The van der Waals surface area contributed by atoms with Gasteiger partial charge in [0.1, 0.15) is 6.42 Å². The van der Waals surface area contributed by atoms with E-state index in [1.54, 1.807) is 24.3 Å². The van der Waals surface area contributed by atoms with Gasteiger partial charge in [0.05, 0.1) is 0 Å². The first-order chi connectivity index (χ1) is 10.2. The van der Waals surface area contributed by atoms with Gasteiger partial charge in [0.2, 0.25) is 5.91 Å². The molecule has 1 rings (SSSR count). The van der Waals surface area contributed by atoms with Crippen LogP contribution < -0.4 is 10.6 Å². The van der Waals surface area contributed by atoms with E-state index < -0.39 is 18.5 Å². The van der Waals surface area contributed by atoms with Crippen molar-refractivity contribution in [2.45, 2.75) is 45.5 Å². The molecule has 22 heavy (non-hydrogen) atoms. The molecule has 0 saturated heterocycles. The second-order valence-corrected chi connectivity index (χ2v) is 5.05. The predicted octanol–water partition coefficient (Wildman–Crippen LogP) is 2.78. The third-order valence-corrected chi connectivity index (χ3v) is 3.03. The average Bonchev–Trinajstić information content (AvgIpc) is 2.43. The molecule has 1 atom stereocenters. The highest BCUT2D eigenvalue weighted by Gasteiger charge is 2.30. The predicted molar refractivity (Wildman–Crippen MR) is 76.2 cm³/mol. The molecule has 0 fully saturated rings. The number of alkyl halides is 3. The van der Waals surface area contributed by atoms with Crippen molar-refractivity contribution >= 4 is 11.8 Å². The Morgan fingerprint density at radius 1 is 1.27 bits per heavy atom. The summed E-state index contributed by atoms with van der Waals surface area (Å²) in [6, 6.07) is 6.44. The van der Waals surface area contributed by atoms with Gasteiger partial charge in [-0.3, -0.25) is 9.59 Å². The Labute approximate surface area is 127 Å². The maximum Gasteiger partial charge on any atom is 0.397 e. The largest absolute Gasteiger partial charge is 0.397 e. The molecule has 2 amide bonds. The smallest absolute Gasteiger partial charge is 0.352 e. The van der Waals surface area contributed by atoms with Gasteiger partial charge < -0.3 is 10.6 Å². The van der Waals surface area contributed by atoms with Crippen molar-refractivity contribution < 1.29 is 22.8 Å². The second kappa shape index (κ2) is 7.82. The summed E-state index contributed by atoms with van der Waals surface area (Å²) in [5.74, 6) is -1.35. The van der Waals surface area contributed by atoms with Crippen LogP contribution in [-0.2, 0) is 11.3 Å². The number of halogens is 3. The summed E-state index contributed by atoms with van der Waals surface area (Å²) in [7, 11) is 0. The molecule has 0 saturated carbocycles. The summed E-state index contributed by atoms with van der Waals surface area (Å²) in [5.41, 5.74) is 0.968. The molecular weight excluding hydrogens is 297 g/mol. The molecule has 0 aliphatic heterocycles. The van der Waals surface area contributed by atoms with Crippen LogP contribution in [0.3, 0.4) is 0 Å². The quantitative estimate of drug-likeness (QED) is 0.848. The molecule has 0 bridgehead atoms. The Balaban J connectivity index is 2.61. The van der Waals surface area contributed by atoms with Crippen LogP contribution in [0.25, 0.3) is 0 Å². The van der Waals surface area contributed by atoms with Crippen LogP contribution >= 0.6 is 0 Å². The summed E-state index contributed by atoms with van der Waals surface area (Å²) in [4.78, 5) is 23.1. The molecule has 0 aliphatic carbocycles. The van der Waals surface area contributed by atoms with E-state index in [9.17, 15) is 22.8 Å². The Morgan fingerprint density at radius 3 is 2.55 bits per heavy atom. The van der Waals surface area contributed by atoms with Gasteiger partial charge in [0.25, 0.3) is 5.91 Å². The number of hydrogen-bond donors (Lipinski definition) is 2. The summed E-state index contributed by atoms with van der Waals surface area (Å²) in [6.07, 6.45) is -5.25. The molecule has 1 aromatic carbocycles. The Kier molecular flexibility index (Phi) is 6.39. The minimum absolute atomic E-state index is 0.0302. The van der Waals surface area contributed by atoms with Crippen LogP contribution in [0.2, 0.25) is 0 Å². The fourth-order valence-electron chi connectivity index (χ4n) is 1.68. The normalized spacial score (nSPS) is 12.6. The number of benzene rings is 1. The first-order valence-electron chi connectivity index (χ1n) is 6.94. The van der Waals surface area contributed by atoms with Crippen LogP contribution in [0, 0.1) is 0 Å². The molecule has 0 aliphatic rings. The van der Waals surface area contributed by atoms with Gasteiger partial charge in [-0.1, -0.05) is 19.1 Å². The van der Waals surface area contributed by atoms with Crippen molar-refractivity contribution in [2.75, 3.05) is 0 Å². The monoisotopic (exact) mass is 316 g/mol. The minimum atomic E-state index is -4.53. The second-order valence-electron chi connectivity index (χ2n) is 5.05. The van der Waals surface area contributed by atoms with Gasteiger partial charge in [-0.2, -0.15) is 13.2 Å². The third kappa shape index (κ3) is 6.60. The first kappa shape index (κ1) is 18.0. The fraction of sp³-hybridized carbons (Fsp3) is 0.467. The topological polar surface area (TPSA) is 58.2 Å². The number of nitrogens with one attached hydrogen (secondary N) is 2. The highest BCUT2D eigenvalue weighted by atomic mass is 19.4. The maximum atomic E-state index is 12.0. The molecule has 0 radical (unpaired) electrons. The summed E-state index contributed by atoms with van der Waals surface area (Å²) < 4.78 is 36.1. The van der Waals surface area contributed by atoms with Gasteiger partial charge in [0, 0.05) is 18.2 Å². The van der Waals surface area contributed by atoms with Gasteiger partial charge in [-0.15, -0.1) is 0 Å². The van der Waals surface area contributed by atoms with E-state index in [2.05, 4.69) is 10.6 Å². The molecule has 1 aromatic rings. The number of hydrogen-bond acceptors (Lipinski definition) is 2. The maximum absolute atomic E-state index is 12.0. The number of carbonyl (C=O) groups excluding carboxylic acids is 2. The van der Waals surface area contributed by atoms with E-state index in [0.29, 0.717) is 11.1 Å². The number of rotatable bonds is 6. The van der Waals surface area contributed by atoms with Gasteiger partial charge in [0.15, 0.2) is 0 Å². The molecule has 2 N–H and O–H groups in total. The highest BCUT2D eigenvalue weighted by molar-refractivity contribution is 5.94. The molecule has 7 heteroatoms. The number of amides is 2. The zero-order chi connectivity index (χ0) is 16.8. The molecule has 0 heterocycles. The summed E-state index contributed by atoms with van der Waals surface area (Å²) in [6.45, 7) is 3.76. The van der Waals surface area contributed by atoms with E-state index in [4.69, 9.17) is 0 Å². The first-order valence-corrected chi connectivity index (χ1v) is 6.94. The van der Waals surface area contributed by atoms with E-state index >= 15 is 0 Å². The highest BCUT2D eigenvalue weighted by Crippen LogP contribution is 2.19. The molecular formula is C15H19F3N2O2. The lowest BCUT2D eigenvalue weighted by Gasteiger charge is -2.12. The minimum Gasteiger partial charge on any atom is -0.352 e. The van der Waals surface area contributed by atoms with Crippen molar-refractivity contribution in [2.24, 2.45) is 0 Å². The van der Waals surface area contributed by atoms with Crippen molar-refractivity contribution in [1.82, 2.24) is 10.6 Å². The van der Waals surface area contributed by atoms with Crippen LogP contribution in [0.1, 0.15) is 42.6 Å². The van der Waals surface area contributed by atoms with Gasteiger partial charge in [-0.05, 0) is 31.0 Å². The third-order valence-electron chi connectivity index (χ3n) is 3.03. The fourth-order valence-corrected chi connectivity index (χ4v) is 1.68. The lowest BCUT2D eigenvalue weighted by Crippen LogP contribution is -2.32. The molecule has 122 valence electrons. The van der Waals surface area contributed by atoms with Crippen LogP contribution in [0.4, 0.5) is 13.2 Å². The Hall–Kier alpha value is -2.05. The number of carbonyl (C=O) groups is 2. The van der Waals surface area contributed by atoms with E-state index in [-0.39, 0.29) is 18.5 Å². The van der Waals surface area contributed by atoms with Crippen molar-refractivity contribution in [1.29, 1.82) is 0 Å². The van der Waals surface area contributed by atoms with Crippen LogP contribution in [-0.4, -0.2) is 24.0 Å². The zero-order valence-electron chi connectivity index (χ0n) is 12.5. The summed E-state index contributed by atoms with van der Waals surface area (Å²) in [5, 5.41) is 4.98. The van der Waals surface area contributed by atoms with E-state index in [0.717, 1.165) is 6.42 Å². The lowest BCUT2D eigenvalue weighted by molar-refractivity contribution is -0.153. The van der Waals surface area contributed by atoms with E-state index in [1.807, 2.05) is 13.8 Å². The van der Waals surface area contributed by atoms with Crippen molar-refractivity contribution in [3.05, 3.63) is 35.4 Å². The van der Waals surface area contributed by atoms with Crippen LogP contribution in [0.5, 0.6) is 0 Å². The SMILES string of the molecule is CC[C@@H](C)NC(=O)c1cccc(CNC(=O)CC(F)(F)F)c1. The summed E-state index contributed by atoms with van der Waals surface area (Å²) >= 11 is 0. The van der Waals surface area contributed by atoms with Gasteiger partial charge >= 0.3 is 6.18 Å². The van der Waals surface area contributed by atoms with Crippen molar-refractivity contribution in [3.8, 4) is 0 Å². The van der Waals surface area contributed by atoms with E-state index in [1.165, 1.54) is 0 Å². The zero-order valence-corrected chi connectivity index (χ0v) is 12.5. The average molecular weight is 316 g/mol. The molecule has 0 aromatic heterocycles. The Morgan fingerprint density at radius 2 is 1.95 bits per heavy atom. The molecule has 0 spiro atoms. The molecule has 4 nitrogen and oxygen atoms in total. The van der Waals surface area contributed by atoms with Gasteiger partial charge in [-0.25, -0.2) is 0 Å². The van der Waals surface area contributed by atoms with Crippen LogP contribution in [0.15, 0.2) is 24.3 Å². The lowest BCUT2D eigenvalue weighted by atomic mass is 10.1. The standard InChI is InChI=1S/C15H19F3N2O2/c1-3-10(2)20-14(22)12-6-4-5-11(7-12)9-19-13(21)8-15(16,17)18/h4-7,10H,3,8-9H2,1-2H3,(H,19,21)(H,20,22)/t10-/m1/s1. The molecule has 0 unspecified atom stereocenters. The Bertz CT molecular complexity index is 530.